The number of rotatable bonds is 3. The van der Waals surface area contributed by atoms with Crippen LogP contribution in [0, 0.1) is 11.6 Å². The molecule has 0 saturated heterocycles. The van der Waals surface area contributed by atoms with Gasteiger partial charge in [-0.05, 0) is 23.6 Å². The molecule has 3 N–H and O–H groups in total. The Kier molecular flexibility index (Phi) is 3.69. The molecule has 18 heavy (non-hydrogen) atoms. The molecule has 0 aliphatic heterocycles. The minimum atomic E-state index is -0.851. The summed E-state index contributed by atoms with van der Waals surface area (Å²) in [6, 6.07) is 5.44. The maximum Gasteiger partial charge on any atom is 0.246 e. The standard InChI is InChI=1S/C12H10F2N2OS/c13-7-4-8(14)6-9(5-7)16-12(17)11(15)10-2-1-3-18-10/h1-6,11H,15H2,(H,16,17). The second-order valence-electron chi connectivity index (χ2n) is 3.64. The normalized spacial score (nSPS) is 12.2. The number of thiophene rings is 1. The third-order valence-corrected chi connectivity index (χ3v) is 3.22. The van der Waals surface area contributed by atoms with Gasteiger partial charge in [-0.3, -0.25) is 4.79 Å². The average molecular weight is 268 g/mol. The van der Waals surface area contributed by atoms with Gasteiger partial charge >= 0.3 is 0 Å². The van der Waals surface area contributed by atoms with E-state index in [4.69, 9.17) is 5.73 Å². The number of benzene rings is 1. The number of amides is 1. The first-order valence-electron chi connectivity index (χ1n) is 5.12. The average Bonchev–Trinajstić information content (AvgIpc) is 2.79. The third kappa shape index (κ3) is 2.91. The van der Waals surface area contributed by atoms with Gasteiger partial charge in [-0.15, -0.1) is 11.3 Å². The van der Waals surface area contributed by atoms with Crippen molar-refractivity contribution in [2.75, 3.05) is 5.32 Å². The van der Waals surface area contributed by atoms with E-state index in [0.29, 0.717) is 4.88 Å². The van der Waals surface area contributed by atoms with Gasteiger partial charge in [0.15, 0.2) is 0 Å². The summed E-state index contributed by atoms with van der Waals surface area (Å²) in [4.78, 5) is 12.4. The summed E-state index contributed by atoms with van der Waals surface area (Å²) in [6.45, 7) is 0. The highest BCUT2D eigenvalue weighted by atomic mass is 32.1. The van der Waals surface area contributed by atoms with E-state index in [1.807, 2.05) is 0 Å². The van der Waals surface area contributed by atoms with Crippen molar-refractivity contribution in [3.63, 3.8) is 0 Å². The van der Waals surface area contributed by atoms with Crippen molar-refractivity contribution in [1.82, 2.24) is 0 Å². The van der Waals surface area contributed by atoms with E-state index in [1.165, 1.54) is 11.3 Å². The fourth-order valence-corrected chi connectivity index (χ4v) is 2.17. The van der Waals surface area contributed by atoms with Crippen molar-refractivity contribution in [2.45, 2.75) is 6.04 Å². The molecule has 1 heterocycles. The number of nitrogens with one attached hydrogen (secondary N) is 1. The summed E-state index contributed by atoms with van der Waals surface area (Å²) in [5.41, 5.74) is 5.76. The number of hydrogen-bond donors (Lipinski definition) is 2. The first kappa shape index (κ1) is 12.7. The molecule has 94 valence electrons. The third-order valence-electron chi connectivity index (χ3n) is 2.26. The fraction of sp³-hybridized carbons (Fsp3) is 0.0833. The zero-order valence-corrected chi connectivity index (χ0v) is 10.0. The Balaban J connectivity index is 2.11. The van der Waals surface area contributed by atoms with Crippen LogP contribution in [0.3, 0.4) is 0 Å². The minimum Gasteiger partial charge on any atom is -0.324 e. The number of carbonyl (C=O) groups is 1. The lowest BCUT2D eigenvalue weighted by Crippen LogP contribution is -2.27. The van der Waals surface area contributed by atoms with Crippen LogP contribution >= 0.6 is 11.3 Å². The molecule has 2 aromatic rings. The van der Waals surface area contributed by atoms with Crippen molar-refractivity contribution in [1.29, 1.82) is 0 Å². The molecule has 0 aliphatic rings. The first-order chi connectivity index (χ1) is 8.56. The molecule has 1 atom stereocenters. The van der Waals surface area contributed by atoms with Gasteiger partial charge < -0.3 is 11.1 Å². The zero-order chi connectivity index (χ0) is 13.1. The Morgan fingerprint density at radius 1 is 1.28 bits per heavy atom. The van der Waals surface area contributed by atoms with E-state index in [2.05, 4.69) is 5.32 Å². The van der Waals surface area contributed by atoms with Crippen LogP contribution in [0.1, 0.15) is 10.9 Å². The number of anilines is 1. The molecule has 0 radical (unpaired) electrons. The summed E-state index contributed by atoms with van der Waals surface area (Å²) in [6.07, 6.45) is 0. The van der Waals surface area contributed by atoms with Gasteiger partial charge in [0.2, 0.25) is 5.91 Å². The number of halogens is 2. The predicted molar refractivity (Wildman–Crippen MR) is 66.2 cm³/mol. The molecule has 1 aromatic heterocycles. The highest BCUT2D eigenvalue weighted by Gasteiger charge is 2.17. The second-order valence-corrected chi connectivity index (χ2v) is 4.62. The van der Waals surface area contributed by atoms with Gasteiger partial charge in [0.05, 0.1) is 0 Å². The van der Waals surface area contributed by atoms with E-state index >= 15 is 0 Å². The van der Waals surface area contributed by atoms with E-state index in [0.717, 1.165) is 18.2 Å². The maximum absolute atomic E-state index is 12.9. The molecule has 1 aromatic carbocycles. The zero-order valence-electron chi connectivity index (χ0n) is 9.19. The van der Waals surface area contributed by atoms with E-state index in [-0.39, 0.29) is 5.69 Å². The highest BCUT2D eigenvalue weighted by Crippen LogP contribution is 2.19. The Bertz CT molecular complexity index is 537. The lowest BCUT2D eigenvalue weighted by atomic mass is 10.2. The van der Waals surface area contributed by atoms with Crippen molar-refractivity contribution >= 4 is 22.9 Å². The molecule has 6 heteroatoms. The Labute approximate surface area is 106 Å². The molecule has 0 saturated carbocycles. The number of nitrogens with two attached hydrogens (primary N) is 1. The van der Waals surface area contributed by atoms with Crippen molar-refractivity contribution in [2.24, 2.45) is 5.73 Å². The first-order valence-corrected chi connectivity index (χ1v) is 6.00. The molecule has 0 fully saturated rings. The van der Waals surface area contributed by atoms with Crippen LogP contribution < -0.4 is 11.1 Å². The van der Waals surface area contributed by atoms with Gasteiger partial charge in [0.25, 0.3) is 0 Å². The van der Waals surface area contributed by atoms with Crippen LogP contribution in [0.2, 0.25) is 0 Å². The molecular weight excluding hydrogens is 258 g/mol. The van der Waals surface area contributed by atoms with E-state index in [1.54, 1.807) is 17.5 Å². The van der Waals surface area contributed by atoms with Crippen LogP contribution in [0.5, 0.6) is 0 Å². The Hall–Kier alpha value is -1.79. The van der Waals surface area contributed by atoms with Gasteiger partial charge in [-0.2, -0.15) is 0 Å². The summed E-state index contributed by atoms with van der Waals surface area (Å²) in [5.74, 6) is -2.02. The summed E-state index contributed by atoms with van der Waals surface area (Å²) >= 11 is 1.34. The van der Waals surface area contributed by atoms with Crippen LogP contribution in [-0.4, -0.2) is 5.91 Å². The molecule has 0 spiro atoms. The van der Waals surface area contributed by atoms with Gasteiger partial charge in [0.1, 0.15) is 17.7 Å². The van der Waals surface area contributed by atoms with Crippen molar-refractivity contribution in [3.8, 4) is 0 Å². The van der Waals surface area contributed by atoms with Crippen LogP contribution in [-0.2, 0) is 4.79 Å². The van der Waals surface area contributed by atoms with Gasteiger partial charge in [-0.25, -0.2) is 8.78 Å². The SMILES string of the molecule is NC(C(=O)Nc1cc(F)cc(F)c1)c1cccs1. The number of carbonyl (C=O) groups excluding carboxylic acids is 1. The molecule has 0 aliphatic carbocycles. The summed E-state index contributed by atoms with van der Waals surface area (Å²) in [7, 11) is 0. The minimum absolute atomic E-state index is 0.0458. The summed E-state index contributed by atoms with van der Waals surface area (Å²) in [5, 5.41) is 4.17. The van der Waals surface area contributed by atoms with Crippen LogP contribution in [0.15, 0.2) is 35.7 Å². The molecule has 0 bridgehead atoms. The predicted octanol–water partition coefficient (Wildman–Crippen LogP) is 2.66. The topological polar surface area (TPSA) is 55.1 Å². The van der Waals surface area contributed by atoms with Gasteiger partial charge in [0, 0.05) is 16.6 Å². The van der Waals surface area contributed by atoms with Gasteiger partial charge in [-0.1, -0.05) is 6.07 Å². The second kappa shape index (κ2) is 5.24. The van der Waals surface area contributed by atoms with E-state index in [9.17, 15) is 13.6 Å². The van der Waals surface area contributed by atoms with Crippen LogP contribution in [0.4, 0.5) is 14.5 Å². The summed E-state index contributed by atoms with van der Waals surface area (Å²) < 4.78 is 25.9. The highest BCUT2D eigenvalue weighted by molar-refractivity contribution is 7.10. The van der Waals surface area contributed by atoms with Crippen molar-refractivity contribution in [3.05, 3.63) is 52.2 Å². The Morgan fingerprint density at radius 2 is 1.94 bits per heavy atom. The smallest absolute Gasteiger partial charge is 0.246 e. The molecule has 3 nitrogen and oxygen atoms in total. The molecule has 1 amide bonds. The lowest BCUT2D eigenvalue weighted by Gasteiger charge is -2.10. The molecule has 1 unspecified atom stereocenters. The monoisotopic (exact) mass is 268 g/mol. The maximum atomic E-state index is 12.9. The van der Waals surface area contributed by atoms with Crippen molar-refractivity contribution < 1.29 is 13.6 Å². The van der Waals surface area contributed by atoms with Crippen LogP contribution in [0.25, 0.3) is 0 Å². The van der Waals surface area contributed by atoms with E-state index < -0.39 is 23.6 Å². The number of hydrogen-bond acceptors (Lipinski definition) is 3. The Morgan fingerprint density at radius 3 is 2.50 bits per heavy atom. The lowest BCUT2D eigenvalue weighted by molar-refractivity contribution is -0.117. The largest absolute Gasteiger partial charge is 0.324 e. The quantitative estimate of drug-likeness (QED) is 0.899. The fourth-order valence-electron chi connectivity index (χ4n) is 1.44. The molecular formula is C12H10F2N2OS. The molecule has 2 rings (SSSR count).